The van der Waals surface area contributed by atoms with E-state index in [2.05, 4.69) is 20.9 Å². The molecule has 0 bridgehead atoms. The van der Waals surface area contributed by atoms with E-state index in [0.29, 0.717) is 0 Å². The summed E-state index contributed by atoms with van der Waals surface area (Å²) in [7, 11) is 0. The second-order valence-corrected chi connectivity index (χ2v) is 7.85. The van der Waals surface area contributed by atoms with Gasteiger partial charge in [-0.2, -0.15) is 0 Å². The molecule has 0 fully saturated rings. The first-order valence-corrected chi connectivity index (χ1v) is 10.9. The number of aliphatic carboxylic acids is 2. The van der Waals surface area contributed by atoms with E-state index in [1.807, 2.05) is 0 Å². The van der Waals surface area contributed by atoms with Crippen molar-refractivity contribution in [3.8, 4) is 0 Å². The number of nitrogens with two attached hydrogens (primary N) is 5. The van der Waals surface area contributed by atoms with Crippen LogP contribution >= 0.6 is 0 Å². The number of carbonyl (C=O) groups excluding carboxylic acids is 5. The first-order valence-electron chi connectivity index (χ1n) is 10.9. The molecule has 0 saturated heterocycles. The Hall–Kier alpha value is -4.48. The molecule has 15 N–H and O–H groups in total. The third-order valence-electron chi connectivity index (χ3n) is 4.64. The number of carboxylic acid groups (broad SMARTS) is 2. The number of amides is 5. The molecule has 18 nitrogen and oxygen atoms in total. The van der Waals surface area contributed by atoms with Crippen LogP contribution in [0.3, 0.4) is 0 Å². The maximum atomic E-state index is 12.8. The lowest BCUT2D eigenvalue weighted by molar-refractivity contribution is -0.143. The molecule has 5 amide bonds. The predicted molar refractivity (Wildman–Crippen MR) is 126 cm³/mol. The lowest BCUT2D eigenvalue weighted by Crippen LogP contribution is -2.58. The summed E-state index contributed by atoms with van der Waals surface area (Å²) in [6.45, 7) is 0.0769. The smallest absolute Gasteiger partial charge is 0.326 e. The van der Waals surface area contributed by atoms with Crippen LogP contribution in [0.2, 0.25) is 0 Å². The monoisotopic (exact) mass is 531 g/mol. The lowest BCUT2D eigenvalue weighted by Gasteiger charge is -2.24. The van der Waals surface area contributed by atoms with Crippen LogP contribution in [-0.2, 0) is 33.6 Å². The van der Waals surface area contributed by atoms with Gasteiger partial charge >= 0.3 is 11.9 Å². The summed E-state index contributed by atoms with van der Waals surface area (Å²) >= 11 is 0. The normalized spacial score (nSPS) is 13.6. The molecule has 0 rings (SSSR count). The fourth-order valence-electron chi connectivity index (χ4n) is 2.84. The number of aliphatic imine (C=N–C) groups is 1. The Kier molecular flexibility index (Phi) is 14.3. The van der Waals surface area contributed by atoms with Gasteiger partial charge in [-0.3, -0.25) is 33.8 Å². The number of hydrogen-bond donors (Lipinski definition) is 10. The Morgan fingerprint density at radius 2 is 1.22 bits per heavy atom. The summed E-state index contributed by atoms with van der Waals surface area (Å²) < 4.78 is 0. The molecule has 0 aromatic heterocycles. The zero-order valence-corrected chi connectivity index (χ0v) is 19.8. The SMILES string of the molecule is NC(=O)CC(N)C(=O)NC(CC(N)=O)C(=O)NC(CCC(=O)O)C(=O)NC(CCCN=C(N)N)C(=O)O. The Morgan fingerprint density at radius 1 is 0.703 bits per heavy atom. The maximum absolute atomic E-state index is 12.8. The maximum Gasteiger partial charge on any atom is 0.326 e. The number of rotatable bonds is 18. The molecule has 0 spiro atoms. The highest BCUT2D eigenvalue weighted by Gasteiger charge is 2.31. The fourth-order valence-corrected chi connectivity index (χ4v) is 2.84. The number of carboxylic acids is 2. The van der Waals surface area contributed by atoms with Gasteiger partial charge in [0.1, 0.15) is 18.1 Å². The van der Waals surface area contributed by atoms with Crippen molar-refractivity contribution in [2.24, 2.45) is 33.7 Å². The molecule has 4 unspecified atom stereocenters. The van der Waals surface area contributed by atoms with Gasteiger partial charge < -0.3 is 54.8 Å². The molecule has 0 aliphatic carbocycles. The Morgan fingerprint density at radius 3 is 1.70 bits per heavy atom. The van der Waals surface area contributed by atoms with Crippen LogP contribution in [0.5, 0.6) is 0 Å². The van der Waals surface area contributed by atoms with E-state index in [-0.39, 0.29) is 25.3 Å². The number of primary amides is 2. The minimum absolute atomic E-state index is 0.0769. The van der Waals surface area contributed by atoms with E-state index in [4.69, 9.17) is 33.8 Å². The summed E-state index contributed by atoms with van der Waals surface area (Å²) in [5.41, 5.74) is 26.0. The summed E-state index contributed by atoms with van der Waals surface area (Å²) in [5, 5.41) is 24.8. The van der Waals surface area contributed by atoms with E-state index in [0.717, 1.165) is 0 Å². The largest absolute Gasteiger partial charge is 0.481 e. The summed E-state index contributed by atoms with van der Waals surface area (Å²) in [6.07, 6.45) is -2.31. The number of guanidine groups is 1. The molecule has 0 aromatic rings. The van der Waals surface area contributed by atoms with Crippen molar-refractivity contribution in [3.05, 3.63) is 0 Å². The Labute approximate surface area is 210 Å². The first-order chi connectivity index (χ1) is 17.1. The van der Waals surface area contributed by atoms with Crippen LogP contribution in [0.1, 0.15) is 38.5 Å². The second-order valence-electron chi connectivity index (χ2n) is 7.85. The van der Waals surface area contributed by atoms with Gasteiger partial charge in [-0.1, -0.05) is 0 Å². The standard InChI is InChI=1S/C19H33N9O9/c20-8(6-12(21)29)15(33)28-11(7-13(22)30)17(35)26-9(3-4-14(31)32)16(34)27-10(18(36)37)2-1-5-25-19(23)24/h8-11H,1-7,20H2,(H2,21,29)(H2,22,30)(H,26,35)(H,27,34)(H,28,33)(H,31,32)(H,36,37)(H4,23,24,25). The molecule has 0 radical (unpaired) electrons. The quantitative estimate of drug-likeness (QED) is 0.0449. The lowest BCUT2D eigenvalue weighted by atomic mass is 10.1. The van der Waals surface area contributed by atoms with Gasteiger partial charge in [0.15, 0.2) is 5.96 Å². The molecule has 208 valence electrons. The van der Waals surface area contributed by atoms with Crippen molar-refractivity contribution < 1.29 is 43.8 Å². The van der Waals surface area contributed by atoms with Gasteiger partial charge in [0.2, 0.25) is 29.5 Å². The van der Waals surface area contributed by atoms with E-state index >= 15 is 0 Å². The average molecular weight is 532 g/mol. The third-order valence-corrected chi connectivity index (χ3v) is 4.64. The molecular formula is C19H33N9O9. The van der Waals surface area contributed by atoms with Crippen molar-refractivity contribution in [3.63, 3.8) is 0 Å². The fraction of sp³-hybridized carbons (Fsp3) is 0.579. The minimum atomic E-state index is -1.65. The van der Waals surface area contributed by atoms with E-state index in [1.165, 1.54) is 0 Å². The van der Waals surface area contributed by atoms with Crippen LogP contribution in [0, 0.1) is 0 Å². The molecule has 0 aromatic carbocycles. The first kappa shape index (κ1) is 32.5. The summed E-state index contributed by atoms with van der Waals surface area (Å²) in [6, 6.07) is -6.12. The molecule has 0 heterocycles. The van der Waals surface area contributed by atoms with Crippen molar-refractivity contribution in [1.82, 2.24) is 16.0 Å². The van der Waals surface area contributed by atoms with Gasteiger partial charge in [-0.25, -0.2) is 4.79 Å². The topological polar surface area (TPSA) is 338 Å². The molecule has 4 atom stereocenters. The van der Waals surface area contributed by atoms with Gasteiger partial charge in [-0.15, -0.1) is 0 Å². The number of nitrogens with one attached hydrogen (secondary N) is 3. The van der Waals surface area contributed by atoms with E-state index in [1.54, 1.807) is 0 Å². The highest BCUT2D eigenvalue weighted by atomic mass is 16.4. The zero-order chi connectivity index (χ0) is 28.7. The molecule has 18 heteroatoms. The summed E-state index contributed by atoms with van der Waals surface area (Å²) in [4.78, 5) is 86.3. The zero-order valence-electron chi connectivity index (χ0n) is 19.8. The van der Waals surface area contributed by atoms with Gasteiger partial charge in [-0.05, 0) is 19.3 Å². The highest BCUT2D eigenvalue weighted by molar-refractivity contribution is 5.97. The van der Waals surface area contributed by atoms with E-state index in [9.17, 15) is 38.7 Å². The molecule has 0 aliphatic rings. The van der Waals surface area contributed by atoms with Crippen LogP contribution in [-0.4, -0.2) is 88.4 Å². The Balaban J connectivity index is 5.58. The van der Waals surface area contributed by atoms with Crippen molar-refractivity contribution in [2.75, 3.05) is 6.54 Å². The second kappa shape index (κ2) is 16.2. The number of nitrogens with zero attached hydrogens (tertiary/aromatic N) is 1. The van der Waals surface area contributed by atoms with Gasteiger partial charge in [0, 0.05) is 13.0 Å². The molecule has 0 saturated carbocycles. The van der Waals surface area contributed by atoms with Crippen molar-refractivity contribution in [1.29, 1.82) is 0 Å². The van der Waals surface area contributed by atoms with Crippen LogP contribution in [0.15, 0.2) is 4.99 Å². The number of hydrogen-bond acceptors (Lipinski definition) is 9. The van der Waals surface area contributed by atoms with Crippen LogP contribution in [0.4, 0.5) is 0 Å². The molecular weight excluding hydrogens is 498 g/mol. The van der Waals surface area contributed by atoms with E-state index < -0.39 is 91.3 Å². The summed E-state index contributed by atoms with van der Waals surface area (Å²) in [5.74, 6) is -8.07. The van der Waals surface area contributed by atoms with Crippen molar-refractivity contribution in [2.45, 2.75) is 62.7 Å². The number of carbonyl (C=O) groups is 7. The Bertz CT molecular complexity index is 905. The molecule has 0 aliphatic heterocycles. The highest BCUT2D eigenvalue weighted by Crippen LogP contribution is 2.05. The molecule has 37 heavy (non-hydrogen) atoms. The predicted octanol–water partition coefficient (Wildman–Crippen LogP) is -5.48. The minimum Gasteiger partial charge on any atom is -0.481 e. The third kappa shape index (κ3) is 14.5. The average Bonchev–Trinajstić information content (AvgIpc) is 2.76. The van der Waals surface area contributed by atoms with Crippen LogP contribution < -0.4 is 44.6 Å². The van der Waals surface area contributed by atoms with Gasteiger partial charge in [0.05, 0.1) is 18.9 Å². The van der Waals surface area contributed by atoms with Crippen LogP contribution in [0.25, 0.3) is 0 Å². The van der Waals surface area contributed by atoms with Crippen molar-refractivity contribution >= 4 is 47.4 Å². The van der Waals surface area contributed by atoms with Gasteiger partial charge in [0.25, 0.3) is 0 Å².